The summed E-state index contributed by atoms with van der Waals surface area (Å²) in [4.78, 5) is 11.8. The van der Waals surface area contributed by atoms with Gasteiger partial charge in [-0.2, -0.15) is 0 Å². The van der Waals surface area contributed by atoms with Gasteiger partial charge < -0.3 is 15.8 Å². The normalized spacial score (nSPS) is 11.2. The Kier molecular flexibility index (Phi) is 5.36. The van der Waals surface area contributed by atoms with E-state index < -0.39 is 11.8 Å². The molecule has 0 aliphatic carbocycles. The summed E-state index contributed by atoms with van der Waals surface area (Å²) >= 11 is 0. The molecule has 0 amide bonds. The van der Waals surface area contributed by atoms with Crippen molar-refractivity contribution >= 4 is 17.3 Å². The number of nitrogen functional groups attached to an aromatic ring is 1. The van der Waals surface area contributed by atoms with Gasteiger partial charge in [-0.1, -0.05) is 13.8 Å². The van der Waals surface area contributed by atoms with Crippen LogP contribution in [0.25, 0.3) is 0 Å². The number of halogens is 1. The molecule has 0 spiro atoms. The van der Waals surface area contributed by atoms with E-state index in [1.54, 1.807) is 6.92 Å². The molecule has 1 rings (SSSR count). The van der Waals surface area contributed by atoms with Crippen LogP contribution in [-0.2, 0) is 4.74 Å². The van der Waals surface area contributed by atoms with Crippen molar-refractivity contribution in [1.82, 2.24) is 0 Å². The minimum absolute atomic E-state index is 0.0844. The van der Waals surface area contributed by atoms with Crippen LogP contribution in [0.1, 0.15) is 50.9 Å². The third kappa shape index (κ3) is 3.62. The molecule has 0 aliphatic heterocycles. The number of hydrogen-bond acceptors (Lipinski definition) is 4. The molecule has 0 saturated heterocycles. The highest BCUT2D eigenvalue weighted by molar-refractivity contribution is 5.96. The van der Waals surface area contributed by atoms with Crippen LogP contribution in [0.4, 0.5) is 15.8 Å². The average molecular weight is 282 g/mol. The van der Waals surface area contributed by atoms with Crippen molar-refractivity contribution in [3.63, 3.8) is 0 Å². The molecule has 5 heteroatoms. The highest BCUT2D eigenvalue weighted by atomic mass is 19.1. The minimum atomic E-state index is -0.539. The number of hydrogen-bond donors (Lipinski definition) is 2. The van der Waals surface area contributed by atoms with Gasteiger partial charge in [-0.15, -0.1) is 0 Å². The van der Waals surface area contributed by atoms with E-state index in [-0.39, 0.29) is 29.1 Å². The summed E-state index contributed by atoms with van der Waals surface area (Å²) < 4.78 is 18.9. The number of carbonyl (C=O) groups excluding carboxylic acids is 1. The van der Waals surface area contributed by atoms with Gasteiger partial charge >= 0.3 is 5.97 Å². The SMILES string of the molecule is CCOC(=O)c1cc(NC(C)(CC)CC)c(F)cc1N. The van der Waals surface area contributed by atoms with Gasteiger partial charge in [0.2, 0.25) is 0 Å². The standard InChI is InChI=1S/C15H23FN2O2/c1-5-15(4,6-2)18-13-8-10(14(19)20-7-3)12(17)9-11(13)16/h8-9,18H,5-7,17H2,1-4H3. The van der Waals surface area contributed by atoms with Crippen molar-refractivity contribution in [3.05, 3.63) is 23.5 Å². The Balaban J connectivity index is 3.15. The van der Waals surface area contributed by atoms with Crippen molar-refractivity contribution in [2.45, 2.75) is 46.1 Å². The quantitative estimate of drug-likeness (QED) is 0.618. The number of benzene rings is 1. The third-order valence-electron chi connectivity index (χ3n) is 3.63. The van der Waals surface area contributed by atoms with Crippen molar-refractivity contribution in [2.75, 3.05) is 17.7 Å². The van der Waals surface area contributed by atoms with Crippen LogP contribution in [0.15, 0.2) is 12.1 Å². The Hall–Kier alpha value is -1.78. The van der Waals surface area contributed by atoms with E-state index in [2.05, 4.69) is 5.32 Å². The number of anilines is 2. The molecule has 3 N–H and O–H groups in total. The van der Waals surface area contributed by atoms with Crippen LogP contribution in [0, 0.1) is 5.82 Å². The van der Waals surface area contributed by atoms with E-state index in [9.17, 15) is 9.18 Å². The van der Waals surface area contributed by atoms with Crippen LogP contribution < -0.4 is 11.1 Å². The summed E-state index contributed by atoms with van der Waals surface area (Å²) in [7, 11) is 0. The lowest BCUT2D eigenvalue weighted by molar-refractivity contribution is 0.0527. The predicted octanol–water partition coefficient (Wildman–Crippen LogP) is 3.58. The second kappa shape index (κ2) is 6.59. The molecular weight excluding hydrogens is 259 g/mol. The fraction of sp³-hybridized carbons (Fsp3) is 0.533. The largest absolute Gasteiger partial charge is 0.462 e. The maximum absolute atomic E-state index is 14.0. The lowest BCUT2D eigenvalue weighted by Crippen LogP contribution is -2.33. The van der Waals surface area contributed by atoms with Crippen molar-refractivity contribution in [1.29, 1.82) is 0 Å². The molecular formula is C15H23FN2O2. The second-order valence-electron chi connectivity index (χ2n) is 5.03. The zero-order chi connectivity index (χ0) is 15.3. The minimum Gasteiger partial charge on any atom is -0.462 e. The number of carbonyl (C=O) groups is 1. The van der Waals surface area contributed by atoms with Crippen molar-refractivity contribution in [3.8, 4) is 0 Å². The molecule has 0 aromatic heterocycles. The Bertz CT molecular complexity index is 485. The number of esters is 1. The van der Waals surface area contributed by atoms with Gasteiger partial charge in [-0.25, -0.2) is 9.18 Å². The summed E-state index contributed by atoms with van der Waals surface area (Å²) in [5, 5.41) is 3.15. The predicted molar refractivity (Wildman–Crippen MR) is 79.4 cm³/mol. The molecule has 0 radical (unpaired) electrons. The first-order chi connectivity index (χ1) is 9.36. The molecule has 0 atom stereocenters. The van der Waals surface area contributed by atoms with Crippen molar-refractivity contribution < 1.29 is 13.9 Å². The van der Waals surface area contributed by atoms with Crippen LogP contribution >= 0.6 is 0 Å². The molecule has 0 aliphatic rings. The molecule has 0 fully saturated rings. The molecule has 0 unspecified atom stereocenters. The fourth-order valence-electron chi connectivity index (χ4n) is 1.82. The zero-order valence-electron chi connectivity index (χ0n) is 12.5. The summed E-state index contributed by atoms with van der Waals surface area (Å²) in [6, 6.07) is 2.58. The number of ether oxygens (including phenoxy) is 1. The van der Waals surface area contributed by atoms with E-state index in [0.29, 0.717) is 0 Å². The van der Waals surface area contributed by atoms with Gasteiger partial charge in [0.15, 0.2) is 0 Å². The number of nitrogens with two attached hydrogens (primary N) is 1. The highest BCUT2D eigenvalue weighted by Crippen LogP contribution is 2.28. The van der Waals surface area contributed by atoms with Crippen LogP contribution in [0.3, 0.4) is 0 Å². The van der Waals surface area contributed by atoms with E-state index >= 15 is 0 Å². The van der Waals surface area contributed by atoms with Gasteiger partial charge in [-0.3, -0.25) is 0 Å². The van der Waals surface area contributed by atoms with Gasteiger partial charge in [0.1, 0.15) is 5.82 Å². The fourth-order valence-corrected chi connectivity index (χ4v) is 1.82. The van der Waals surface area contributed by atoms with Crippen LogP contribution in [0.2, 0.25) is 0 Å². The second-order valence-corrected chi connectivity index (χ2v) is 5.03. The molecule has 20 heavy (non-hydrogen) atoms. The molecule has 0 bridgehead atoms. The van der Waals surface area contributed by atoms with Gasteiger partial charge in [0, 0.05) is 11.2 Å². The lowest BCUT2D eigenvalue weighted by Gasteiger charge is -2.30. The first-order valence-electron chi connectivity index (χ1n) is 6.91. The molecule has 4 nitrogen and oxygen atoms in total. The summed E-state index contributed by atoms with van der Waals surface area (Å²) in [5.41, 5.74) is 5.99. The monoisotopic (exact) mass is 282 g/mol. The van der Waals surface area contributed by atoms with Gasteiger partial charge in [0.25, 0.3) is 0 Å². The zero-order valence-corrected chi connectivity index (χ0v) is 12.5. The van der Waals surface area contributed by atoms with E-state index in [1.807, 2.05) is 20.8 Å². The number of rotatable bonds is 6. The van der Waals surface area contributed by atoms with E-state index in [4.69, 9.17) is 10.5 Å². The maximum atomic E-state index is 14.0. The smallest absolute Gasteiger partial charge is 0.340 e. The van der Waals surface area contributed by atoms with E-state index in [0.717, 1.165) is 18.9 Å². The molecule has 112 valence electrons. The first-order valence-corrected chi connectivity index (χ1v) is 6.91. The topological polar surface area (TPSA) is 64.3 Å². The van der Waals surface area contributed by atoms with Crippen LogP contribution in [-0.4, -0.2) is 18.1 Å². The first kappa shape index (κ1) is 16.3. The number of nitrogens with one attached hydrogen (secondary N) is 1. The Morgan fingerprint density at radius 2 is 1.95 bits per heavy atom. The Labute approximate surface area is 119 Å². The van der Waals surface area contributed by atoms with Gasteiger partial charge in [0.05, 0.1) is 17.9 Å². The Morgan fingerprint density at radius 3 is 2.45 bits per heavy atom. The molecule has 1 aromatic rings. The van der Waals surface area contributed by atoms with Crippen LogP contribution in [0.5, 0.6) is 0 Å². The third-order valence-corrected chi connectivity index (χ3v) is 3.63. The average Bonchev–Trinajstić information content (AvgIpc) is 2.41. The summed E-state index contributed by atoms with van der Waals surface area (Å²) in [5.74, 6) is -1.01. The maximum Gasteiger partial charge on any atom is 0.340 e. The molecule has 0 saturated carbocycles. The van der Waals surface area contributed by atoms with E-state index in [1.165, 1.54) is 6.07 Å². The molecule has 1 aromatic carbocycles. The van der Waals surface area contributed by atoms with Crippen molar-refractivity contribution in [2.24, 2.45) is 0 Å². The van der Waals surface area contributed by atoms with Gasteiger partial charge in [-0.05, 0) is 38.8 Å². The lowest BCUT2D eigenvalue weighted by atomic mass is 9.95. The summed E-state index contributed by atoms with van der Waals surface area (Å²) in [6.45, 7) is 8.02. The Morgan fingerprint density at radius 1 is 1.35 bits per heavy atom. The molecule has 0 heterocycles. The summed E-state index contributed by atoms with van der Waals surface area (Å²) in [6.07, 6.45) is 1.67. The highest BCUT2D eigenvalue weighted by Gasteiger charge is 2.22.